The molecule has 0 aliphatic rings. The smallest absolute Gasteiger partial charge is 0.252 e. The molecule has 1 rings (SSSR count). The summed E-state index contributed by atoms with van der Waals surface area (Å²) in [5.74, 6) is -0.0113. The standard InChI is InChI=1S/C10H14N2O2/c1-7(6-11)14-9-5-3-2-4-8(9)10(12)13/h2-5,7H,6,11H2,1H3,(H2,12,13). The van der Waals surface area contributed by atoms with E-state index in [-0.39, 0.29) is 6.10 Å². The minimum absolute atomic E-state index is 0.129. The number of para-hydroxylation sites is 1. The molecule has 0 spiro atoms. The molecule has 14 heavy (non-hydrogen) atoms. The number of amides is 1. The topological polar surface area (TPSA) is 78.3 Å². The number of hydrogen-bond donors (Lipinski definition) is 2. The molecule has 1 amide bonds. The van der Waals surface area contributed by atoms with Crippen molar-refractivity contribution >= 4 is 5.91 Å². The summed E-state index contributed by atoms with van der Waals surface area (Å²) in [6, 6.07) is 6.85. The SMILES string of the molecule is CC(CN)Oc1ccccc1C(N)=O. The van der Waals surface area contributed by atoms with Crippen LogP contribution in [-0.2, 0) is 0 Å². The third kappa shape index (κ3) is 2.47. The molecule has 1 unspecified atom stereocenters. The normalized spacial score (nSPS) is 12.1. The maximum absolute atomic E-state index is 11.0. The number of carbonyl (C=O) groups excluding carboxylic acids is 1. The van der Waals surface area contributed by atoms with Crippen LogP contribution in [0.4, 0.5) is 0 Å². The molecule has 0 aliphatic carbocycles. The molecule has 4 nitrogen and oxygen atoms in total. The van der Waals surface area contributed by atoms with Gasteiger partial charge in [0.1, 0.15) is 11.9 Å². The highest BCUT2D eigenvalue weighted by Crippen LogP contribution is 2.18. The van der Waals surface area contributed by atoms with Crippen LogP contribution in [0.2, 0.25) is 0 Å². The zero-order chi connectivity index (χ0) is 10.6. The average Bonchev–Trinajstić information content (AvgIpc) is 2.18. The highest BCUT2D eigenvalue weighted by atomic mass is 16.5. The predicted molar refractivity (Wildman–Crippen MR) is 54.1 cm³/mol. The molecule has 0 fully saturated rings. The van der Waals surface area contributed by atoms with Gasteiger partial charge >= 0.3 is 0 Å². The molecule has 0 saturated heterocycles. The highest BCUT2D eigenvalue weighted by Gasteiger charge is 2.10. The lowest BCUT2D eigenvalue weighted by atomic mass is 10.2. The minimum Gasteiger partial charge on any atom is -0.489 e. The first-order valence-corrected chi connectivity index (χ1v) is 4.40. The van der Waals surface area contributed by atoms with Gasteiger partial charge in [0.25, 0.3) is 5.91 Å². The van der Waals surface area contributed by atoms with Crippen LogP contribution in [0.1, 0.15) is 17.3 Å². The fraction of sp³-hybridized carbons (Fsp3) is 0.300. The number of ether oxygens (including phenoxy) is 1. The highest BCUT2D eigenvalue weighted by molar-refractivity contribution is 5.95. The number of benzene rings is 1. The molecule has 0 aromatic heterocycles. The second-order valence-corrected chi connectivity index (χ2v) is 3.02. The quantitative estimate of drug-likeness (QED) is 0.733. The molecule has 0 saturated carbocycles. The molecule has 4 N–H and O–H groups in total. The van der Waals surface area contributed by atoms with E-state index >= 15 is 0 Å². The summed E-state index contributed by atoms with van der Waals surface area (Å²) in [6.45, 7) is 2.23. The molecular formula is C10H14N2O2. The molecule has 1 atom stereocenters. The van der Waals surface area contributed by atoms with Crippen molar-refractivity contribution < 1.29 is 9.53 Å². The van der Waals surface area contributed by atoms with Crippen molar-refractivity contribution in [3.05, 3.63) is 29.8 Å². The third-order valence-corrected chi connectivity index (χ3v) is 1.81. The Morgan fingerprint density at radius 3 is 2.71 bits per heavy atom. The van der Waals surface area contributed by atoms with E-state index in [4.69, 9.17) is 16.2 Å². The number of primary amides is 1. The molecule has 0 heterocycles. The van der Waals surface area contributed by atoms with Crippen molar-refractivity contribution in [2.45, 2.75) is 13.0 Å². The molecular weight excluding hydrogens is 180 g/mol. The van der Waals surface area contributed by atoms with Crippen LogP contribution in [0, 0.1) is 0 Å². The predicted octanol–water partition coefficient (Wildman–Crippen LogP) is 0.512. The maximum atomic E-state index is 11.0. The third-order valence-electron chi connectivity index (χ3n) is 1.81. The molecule has 1 aromatic rings. The van der Waals surface area contributed by atoms with E-state index in [1.807, 2.05) is 6.92 Å². The Labute approximate surface area is 82.8 Å². The number of nitrogens with two attached hydrogens (primary N) is 2. The lowest BCUT2D eigenvalue weighted by molar-refractivity contribution is 0.0994. The van der Waals surface area contributed by atoms with Crippen molar-refractivity contribution in [3.8, 4) is 5.75 Å². The Hall–Kier alpha value is -1.55. The Kier molecular flexibility index (Phi) is 3.48. The summed E-state index contributed by atoms with van der Waals surface area (Å²) in [7, 11) is 0. The van der Waals surface area contributed by atoms with Gasteiger partial charge in [0.15, 0.2) is 0 Å². The summed E-state index contributed by atoms with van der Waals surface area (Å²) < 4.78 is 5.43. The second-order valence-electron chi connectivity index (χ2n) is 3.02. The summed E-state index contributed by atoms with van der Waals surface area (Å²) in [5, 5.41) is 0. The van der Waals surface area contributed by atoms with E-state index in [0.29, 0.717) is 17.9 Å². The van der Waals surface area contributed by atoms with Crippen molar-refractivity contribution in [1.82, 2.24) is 0 Å². The van der Waals surface area contributed by atoms with Gasteiger partial charge in [0, 0.05) is 6.54 Å². The van der Waals surface area contributed by atoms with Crippen LogP contribution in [0.15, 0.2) is 24.3 Å². The zero-order valence-electron chi connectivity index (χ0n) is 8.07. The first-order chi connectivity index (χ1) is 6.65. The fourth-order valence-corrected chi connectivity index (χ4v) is 1.04. The van der Waals surface area contributed by atoms with Crippen LogP contribution in [0.25, 0.3) is 0 Å². The number of rotatable bonds is 4. The van der Waals surface area contributed by atoms with Gasteiger partial charge in [-0.3, -0.25) is 4.79 Å². The van der Waals surface area contributed by atoms with Crippen molar-refractivity contribution in [2.75, 3.05) is 6.54 Å². The molecule has 4 heteroatoms. The molecule has 0 aliphatic heterocycles. The van der Waals surface area contributed by atoms with Gasteiger partial charge in [-0.2, -0.15) is 0 Å². The number of carbonyl (C=O) groups is 1. The van der Waals surface area contributed by atoms with Crippen molar-refractivity contribution in [1.29, 1.82) is 0 Å². The second kappa shape index (κ2) is 4.62. The van der Waals surface area contributed by atoms with Gasteiger partial charge < -0.3 is 16.2 Å². The number of hydrogen-bond acceptors (Lipinski definition) is 3. The van der Waals surface area contributed by atoms with E-state index in [1.165, 1.54) is 0 Å². The monoisotopic (exact) mass is 194 g/mol. The van der Waals surface area contributed by atoms with Crippen LogP contribution in [0.5, 0.6) is 5.75 Å². The maximum Gasteiger partial charge on any atom is 0.252 e. The van der Waals surface area contributed by atoms with Crippen LogP contribution < -0.4 is 16.2 Å². The lowest BCUT2D eigenvalue weighted by Crippen LogP contribution is -2.24. The van der Waals surface area contributed by atoms with Crippen LogP contribution in [-0.4, -0.2) is 18.6 Å². The Balaban J connectivity index is 2.90. The van der Waals surface area contributed by atoms with Gasteiger partial charge in [-0.1, -0.05) is 12.1 Å². The van der Waals surface area contributed by atoms with E-state index in [2.05, 4.69) is 0 Å². The van der Waals surface area contributed by atoms with E-state index < -0.39 is 5.91 Å². The summed E-state index contributed by atoms with van der Waals surface area (Å²) in [5.41, 5.74) is 11.0. The van der Waals surface area contributed by atoms with Gasteiger partial charge in [0.2, 0.25) is 0 Å². The summed E-state index contributed by atoms with van der Waals surface area (Å²) in [6.07, 6.45) is -0.129. The van der Waals surface area contributed by atoms with Gasteiger partial charge in [-0.25, -0.2) is 0 Å². The summed E-state index contributed by atoms with van der Waals surface area (Å²) >= 11 is 0. The van der Waals surface area contributed by atoms with Gasteiger partial charge in [-0.05, 0) is 19.1 Å². The molecule has 1 aromatic carbocycles. The first-order valence-electron chi connectivity index (χ1n) is 4.40. The Morgan fingerprint density at radius 1 is 1.50 bits per heavy atom. The van der Waals surface area contributed by atoms with E-state index in [9.17, 15) is 4.79 Å². The van der Waals surface area contributed by atoms with Crippen molar-refractivity contribution in [2.24, 2.45) is 11.5 Å². The minimum atomic E-state index is -0.496. The molecule has 0 bridgehead atoms. The average molecular weight is 194 g/mol. The van der Waals surface area contributed by atoms with Crippen LogP contribution in [0.3, 0.4) is 0 Å². The molecule has 76 valence electrons. The van der Waals surface area contributed by atoms with Crippen molar-refractivity contribution in [3.63, 3.8) is 0 Å². The van der Waals surface area contributed by atoms with E-state index in [0.717, 1.165) is 0 Å². The Morgan fingerprint density at radius 2 is 2.14 bits per heavy atom. The Bertz CT molecular complexity index is 326. The molecule has 0 radical (unpaired) electrons. The van der Waals surface area contributed by atoms with Crippen LogP contribution >= 0.6 is 0 Å². The summed E-state index contributed by atoms with van der Waals surface area (Å²) in [4.78, 5) is 11.0. The zero-order valence-corrected chi connectivity index (χ0v) is 8.07. The lowest BCUT2D eigenvalue weighted by Gasteiger charge is -2.14. The first kappa shape index (κ1) is 10.5. The van der Waals surface area contributed by atoms with Gasteiger partial charge in [-0.15, -0.1) is 0 Å². The van der Waals surface area contributed by atoms with E-state index in [1.54, 1.807) is 24.3 Å². The largest absolute Gasteiger partial charge is 0.489 e. The fourth-order valence-electron chi connectivity index (χ4n) is 1.04. The van der Waals surface area contributed by atoms with Gasteiger partial charge in [0.05, 0.1) is 5.56 Å².